The molecule has 0 saturated carbocycles. The fraction of sp³-hybridized carbons (Fsp3) is 0.500. The minimum absolute atomic E-state index is 0.133. The first-order valence-corrected chi connectivity index (χ1v) is 7.40. The van der Waals surface area contributed by atoms with Crippen molar-refractivity contribution in [3.05, 3.63) is 46.6 Å². The van der Waals surface area contributed by atoms with Gasteiger partial charge in [-0.25, -0.2) is 0 Å². The zero-order valence-corrected chi connectivity index (χ0v) is 12.6. The highest BCUT2D eigenvalue weighted by Crippen LogP contribution is 2.13. The summed E-state index contributed by atoms with van der Waals surface area (Å²) in [6.45, 7) is 6.71. The smallest absolute Gasteiger partial charge is 0.229 e. The third-order valence-electron chi connectivity index (χ3n) is 3.56. The molecule has 1 aromatic carbocycles. The molecule has 112 valence electrons. The Labute approximate surface area is 124 Å². The van der Waals surface area contributed by atoms with E-state index in [0.29, 0.717) is 18.7 Å². The molecular formula is C16H21N3O2. The van der Waals surface area contributed by atoms with Crippen LogP contribution in [0.5, 0.6) is 0 Å². The highest BCUT2D eigenvalue weighted by molar-refractivity contribution is 5.30. The van der Waals surface area contributed by atoms with Gasteiger partial charge in [-0.05, 0) is 19.4 Å². The van der Waals surface area contributed by atoms with Crippen molar-refractivity contribution < 1.29 is 9.26 Å². The molecule has 5 heteroatoms. The Morgan fingerprint density at radius 3 is 2.76 bits per heavy atom. The minimum Gasteiger partial charge on any atom is -0.375 e. The predicted octanol–water partition coefficient (Wildman–Crippen LogP) is 1.81. The average Bonchev–Trinajstić information content (AvgIpc) is 2.86. The molecule has 1 aromatic heterocycles. The van der Waals surface area contributed by atoms with Crippen LogP contribution >= 0.6 is 0 Å². The molecule has 2 aromatic rings. The van der Waals surface area contributed by atoms with E-state index in [1.165, 1.54) is 16.7 Å². The lowest BCUT2D eigenvalue weighted by molar-refractivity contribution is 0.0246. The number of rotatable bonds is 4. The van der Waals surface area contributed by atoms with Gasteiger partial charge in [-0.15, -0.1) is 0 Å². The van der Waals surface area contributed by atoms with Gasteiger partial charge < -0.3 is 14.6 Å². The lowest BCUT2D eigenvalue weighted by atomic mass is 10.1. The van der Waals surface area contributed by atoms with Crippen molar-refractivity contribution in [2.75, 3.05) is 19.7 Å². The van der Waals surface area contributed by atoms with Crippen LogP contribution < -0.4 is 5.32 Å². The first kappa shape index (κ1) is 14.2. The van der Waals surface area contributed by atoms with Crippen molar-refractivity contribution in [1.29, 1.82) is 0 Å². The van der Waals surface area contributed by atoms with E-state index in [1.54, 1.807) is 0 Å². The fourth-order valence-corrected chi connectivity index (χ4v) is 2.74. The average molecular weight is 287 g/mol. The summed E-state index contributed by atoms with van der Waals surface area (Å²) in [5, 5.41) is 7.37. The molecule has 3 rings (SSSR count). The van der Waals surface area contributed by atoms with Crippen LogP contribution in [0.1, 0.15) is 28.4 Å². The zero-order chi connectivity index (χ0) is 14.7. The van der Waals surface area contributed by atoms with Crippen LogP contribution in [0.2, 0.25) is 0 Å². The summed E-state index contributed by atoms with van der Waals surface area (Å²) in [6.07, 6.45) is 1.51. The molecule has 1 N–H and O–H groups in total. The van der Waals surface area contributed by atoms with E-state index in [4.69, 9.17) is 9.26 Å². The van der Waals surface area contributed by atoms with Crippen LogP contribution in [0.25, 0.3) is 0 Å². The Balaban J connectivity index is 1.64. The van der Waals surface area contributed by atoms with Crippen molar-refractivity contribution in [1.82, 2.24) is 15.5 Å². The number of morpholine rings is 1. The van der Waals surface area contributed by atoms with Crippen molar-refractivity contribution in [3.63, 3.8) is 0 Å². The quantitative estimate of drug-likeness (QED) is 0.929. The maximum Gasteiger partial charge on any atom is 0.229 e. The van der Waals surface area contributed by atoms with Gasteiger partial charge in [0.2, 0.25) is 5.89 Å². The molecule has 5 nitrogen and oxygen atoms in total. The lowest BCUT2D eigenvalue weighted by Gasteiger charge is -2.21. The molecule has 21 heavy (non-hydrogen) atoms. The number of benzene rings is 1. The zero-order valence-electron chi connectivity index (χ0n) is 12.6. The number of hydrogen-bond acceptors (Lipinski definition) is 5. The van der Waals surface area contributed by atoms with E-state index in [0.717, 1.165) is 25.5 Å². The van der Waals surface area contributed by atoms with E-state index in [1.807, 2.05) is 0 Å². The maximum atomic E-state index is 5.65. The van der Waals surface area contributed by atoms with Crippen LogP contribution in [0.3, 0.4) is 0 Å². The molecule has 0 bridgehead atoms. The van der Waals surface area contributed by atoms with Crippen molar-refractivity contribution in [2.45, 2.75) is 32.8 Å². The van der Waals surface area contributed by atoms with Gasteiger partial charge in [0.25, 0.3) is 0 Å². The standard InChI is InChI=1S/C16H21N3O2/c1-11-5-12(2)7-13(6-11)8-15-18-16(21-19-15)9-14-10-17-3-4-20-14/h5-7,14,17H,3-4,8-10H2,1-2H3. The normalized spacial score (nSPS) is 18.9. The molecule has 1 atom stereocenters. The van der Waals surface area contributed by atoms with Crippen molar-refractivity contribution in [3.8, 4) is 0 Å². The molecule has 1 fully saturated rings. The van der Waals surface area contributed by atoms with Crippen molar-refractivity contribution in [2.24, 2.45) is 0 Å². The largest absolute Gasteiger partial charge is 0.375 e. The van der Waals surface area contributed by atoms with Gasteiger partial charge >= 0.3 is 0 Å². The molecular weight excluding hydrogens is 266 g/mol. The summed E-state index contributed by atoms with van der Waals surface area (Å²) in [5.74, 6) is 1.39. The van der Waals surface area contributed by atoms with Crippen LogP contribution in [0.4, 0.5) is 0 Å². The van der Waals surface area contributed by atoms with Crippen LogP contribution in [0, 0.1) is 13.8 Å². The number of hydrogen-bond donors (Lipinski definition) is 1. The first-order chi connectivity index (χ1) is 10.2. The summed E-state index contributed by atoms with van der Waals surface area (Å²) in [7, 11) is 0. The lowest BCUT2D eigenvalue weighted by Crippen LogP contribution is -2.39. The topological polar surface area (TPSA) is 60.2 Å². The molecule has 0 amide bonds. The Hall–Kier alpha value is -1.72. The Bertz CT molecular complexity index is 583. The highest BCUT2D eigenvalue weighted by atomic mass is 16.5. The molecule has 0 spiro atoms. The minimum atomic E-state index is 0.133. The third kappa shape index (κ3) is 3.89. The Kier molecular flexibility index (Phi) is 4.31. The molecule has 1 saturated heterocycles. The molecule has 1 aliphatic heterocycles. The van der Waals surface area contributed by atoms with Crippen LogP contribution in [0.15, 0.2) is 22.7 Å². The van der Waals surface area contributed by atoms with Crippen LogP contribution in [-0.2, 0) is 17.6 Å². The number of ether oxygens (including phenoxy) is 1. The highest BCUT2D eigenvalue weighted by Gasteiger charge is 2.17. The van der Waals surface area contributed by atoms with E-state index in [2.05, 4.69) is 47.5 Å². The second-order valence-corrected chi connectivity index (χ2v) is 5.68. The summed E-state index contributed by atoms with van der Waals surface area (Å²) >= 11 is 0. The fourth-order valence-electron chi connectivity index (χ4n) is 2.74. The predicted molar refractivity (Wildman–Crippen MR) is 79.3 cm³/mol. The van der Waals surface area contributed by atoms with Gasteiger partial charge in [-0.1, -0.05) is 34.5 Å². The monoisotopic (exact) mass is 287 g/mol. The number of nitrogens with zero attached hydrogens (tertiary/aromatic N) is 2. The van der Waals surface area contributed by atoms with Gasteiger partial charge in [-0.2, -0.15) is 4.98 Å². The first-order valence-electron chi connectivity index (χ1n) is 7.40. The molecule has 0 aliphatic carbocycles. The van der Waals surface area contributed by atoms with Gasteiger partial charge in [-0.3, -0.25) is 0 Å². The van der Waals surface area contributed by atoms with Gasteiger partial charge in [0.05, 0.1) is 19.1 Å². The van der Waals surface area contributed by atoms with E-state index in [-0.39, 0.29) is 6.10 Å². The van der Waals surface area contributed by atoms with Gasteiger partial charge in [0.15, 0.2) is 5.82 Å². The summed E-state index contributed by atoms with van der Waals surface area (Å²) < 4.78 is 11.0. The third-order valence-corrected chi connectivity index (χ3v) is 3.56. The number of aryl methyl sites for hydroxylation is 2. The van der Waals surface area contributed by atoms with Gasteiger partial charge in [0, 0.05) is 19.5 Å². The summed E-state index contributed by atoms with van der Waals surface area (Å²) in [5.41, 5.74) is 3.74. The number of nitrogens with one attached hydrogen (secondary N) is 1. The maximum absolute atomic E-state index is 5.65. The Morgan fingerprint density at radius 2 is 2.05 bits per heavy atom. The van der Waals surface area contributed by atoms with E-state index >= 15 is 0 Å². The van der Waals surface area contributed by atoms with Crippen LogP contribution in [-0.4, -0.2) is 35.9 Å². The second-order valence-electron chi connectivity index (χ2n) is 5.68. The molecule has 2 heterocycles. The van der Waals surface area contributed by atoms with Crippen molar-refractivity contribution >= 4 is 0 Å². The number of aromatic nitrogens is 2. The summed E-state index contributed by atoms with van der Waals surface area (Å²) in [6, 6.07) is 6.49. The van der Waals surface area contributed by atoms with Gasteiger partial charge in [0.1, 0.15) is 0 Å². The molecule has 0 radical (unpaired) electrons. The molecule has 1 unspecified atom stereocenters. The summed E-state index contributed by atoms with van der Waals surface area (Å²) in [4.78, 5) is 4.47. The molecule has 1 aliphatic rings. The van der Waals surface area contributed by atoms with E-state index in [9.17, 15) is 0 Å². The second kappa shape index (κ2) is 6.37. The van der Waals surface area contributed by atoms with E-state index < -0.39 is 0 Å². The Morgan fingerprint density at radius 1 is 1.24 bits per heavy atom. The SMILES string of the molecule is Cc1cc(C)cc(Cc2noc(CC3CNCCO3)n2)c1.